The number of rotatable bonds is 12. The molecule has 0 aromatic carbocycles. The van der Waals surface area contributed by atoms with Crippen LogP contribution in [-0.4, -0.2) is 71.8 Å². The fraction of sp³-hybridized carbons (Fsp3) is 0.774. The van der Waals surface area contributed by atoms with Gasteiger partial charge < -0.3 is 25.6 Å². The van der Waals surface area contributed by atoms with Gasteiger partial charge in [0.1, 0.15) is 18.2 Å². The van der Waals surface area contributed by atoms with E-state index < -0.39 is 41.8 Å². The van der Waals surface area contributed by atoms with Crippen LogP contribution in [-0.2, 0) is 23.9 Å². The molecular weight excluding hydrogens is 524 g/mol. The first kappa shape index (κ1) is 31.0. The Balaban J connectivity index is 1.52. The molecule has 1 aliphatic heterocycles. The molecule has 1 saturated heterocycles. The summed E-state index contributed by atoms with van der Waals surface area (Å²) in [6, 6.07) is -2.52. The number of alkyl carbamates (subject to hydrolysis) is 1. The van der Waals surface area contributed by atoms with Crippen molar-refractivity contribution in [2.45, 2.75) is 116 Å². The minimum Gasteiger partial charge on any atom is -0.446 e. The summed E-state index contributed by atoms with van der Waals surface area (Å²) in [5.41, 5.74) is -0.125. The van der Waals surface area contributed by atoms with Crippen LogP contribution >= 0.6 is 0 Å². The van der Waals surface area contributed by atoms with Gasteiger partial charge in [0.05, 0.1) is 6.04 Å². The number of likely N-dealkylation sites (tertiary alicyclic amines) is 1. The fourth-order valence-corrected chi connectivity index (χ4v) is 7.38. The molecule has 4 fully saturated rings. The molecule has 0 aromatic rings. The van der Waals surface area contributed by atoms with Crippen LogP contribution in [0.15, 0.2) is 12.7 Å². The highest BCUT2D eigenvalue weighted by atomic mass is 16.6. The zero-order chi connectivity index (χ0) is 29.7. The molecule has 1 heterocycles. The van der Waals surface area contributed by atoms with Crippen molar-refractivity contribution in [3.05, 3.63) is 12.7 Å². The molecule has 4 rings (SSSR count). The van der Waals surface area contributed by atoms with E-state index in [9.17, 15) is 24.0 Å². The van der Waals surface area contributed by atoms with Gasteiger partial charge in [-0.25, -0.2) is 4.79 Å². The summed E-state index contributed by atoms with van der Waals surface area (Å²) in [5.74, 6) is -2.09. The molecule has 41 heavy (non-hydrogen) atoms. The number of nitrogens with zero attached hydrogens (tertiary/aromatic N) is 1. The number of ketones is 1. The number of hydrogen-bond donors (Lipinski definition) is 3. The largest absolute Gasteiger partial charge is 0.446 e. The molecule has 0 aromatic heterocycles. The lowest BCUT2D eigenvalue weighted by atomic mass is 9.83. The average molecular weight is 573 g/mol. The quantitative estimate of drug-likeness (QED) is 0.243. The zero-order valence-electron chi connectivity index (χ0n) is 24.9. The van der Waals surface area contributed by atoms with Crippen LogP contribution in [0.25, 0.3) is 0 Å². The van der Waals surface area contributed by atoms with Gasteiger partial charge in [-0.05, 0) is 68.1 Å². The molecule has 4 amide bonds. The number of carbonyl (C=O) groups excluding carboxylic acids is 5. The van der Waals surface area contributed by atoms with Crippen LogP contribution in [0.1, 0.15) is 91.4 Å². The van der Waals surface area contributed by atoms with Gasteiger partial charge >= 0.3 is 6.09 Å². The lowest BCUT2D eigenvalue weighted by Crippen LogP contribution is -2.59. The van der Waals surface area contributed by atoms with Crippen molar-refractivity contribution in [2.24, 2.45) is 23.2 Å². The standard InChI is InChI=1S/C31H48N4O6/c1-5-12-22(26(36)28(38)32-17-6-2)33-27(37)25-23-21(31(23,3)4)18-35(25)29(39)24(19-13-8-7-9-14-19)34-30(40)41-20-15-10-11-16-20/h6,19-25H,2,5,7-18H2,1,3-4H3,(H,32,38)(H,33,37)(H,34,40). The van der Waals surface area contributed by atoms with Crippen molar-refractivity contribution in [2.75, 3.05) is 13.1 Å². The minimum absolute atomic E-state index is 0.0241. The first-order chi connectivity index (χ1) is 19.6. The summed E-state index contributed by atoms with van der Waals surface area (Å²) in [5, 5.41) is 8.23. The van der Waals surface area contributed by atoms with Crippen molar-refractivity contribution in [1.82, 2.24) is 20.9 Å². The molecule has 10 nitrogen and oxygen atoms in total. The van der Waals surface area contributed by atoms with E-state index in [-0.39, 0.29) is 41.7 Å². The van der Waals surface area contributed by atoms with E-state index in [1.807, 2.05) is 6.92 Å². The van der Waals surface area contributed by atoms with Gasteiger partial charge in [-0.1, -0.05) is 52.5 Å². The molecule has 0 bridgehead atoms. The molecule has 5 unspecified atom stereocenters. The van der Waals surface area contributed by atoms with E-state index in [0.717, 1.165) is 57.8 Å². The Morgan fingerprint density at radius 3 is 2.29 bits per heavy atom. The number of fused-ring (bicyclic) bond motifs is 1. The molecule has 228 valence electrons. The minimum atomic E-state index is -0.983. The van der Waals surface area contributed by atoms with Crippen molar-refractivity contribution in [1.29, 1.82) is 0 Å². The van der Waals surface area contributed by atoms with E-state index in [1.54, 1.807) is 4.90 Å². The van der Waals surface area contributed by atoms with Crippen molar-refractivity contribution < 1.29 is 28.7 Å². The molecule has 3 N–H and O–H groups in total. The SMILES string of the molecule is C=CCNC(=O)C(=O)C(CCC)NC(=O)C1C2C(CN1C(=O)C(NC(=O)OC1CCCC1)C1CCCCC1)C2(C)C. The maximum absolute atomic E-state index is 14.2. The Morgan fingerprint density at radius 1 is 1.00 bits per heavy atom. The van der Waals surface area contributed by atoms with Gasteiger partial charge in [0.25, 0.3) is 5.91 Å². The third kappa shape index (κ3) is 6.95. The second-order valence-corrected chi connectivity index (χ2v) is 12.9. The second-order valence-electron chi connectivity index (χ2n) is 12.9. The van der Waals surface area contributed by atoms with Gasteiger partial charge in [-0.2, -0.15) is 0 Å². The first-order valence-electron chi connectivity index (χ1n) is 15.6. The Kier molecular flexibility index (Phi) is 10.1. The number of carbonyl (C=O) groups is 5. The van der Waals surface area contributed by atoms with Gasteiger partial charge in [-0.15, -0.1) is 6.58 Å². The normalized spacial score (nSPS) is 26.8. The Bertz CT molecular complexity index is 1020. The third-order valence-electron chi connectivity index (χ3n) is 9.84. The zero-order valence-corrected chi connectivity index (χ0v) is 24.9. The summed E-state index contributed by atoms with van der Waals surface area (Å²) in [6.07, 6.45) is 10.2. The predicted molar refractivity (Wildman–Crippen MR) is 154 cm³/mol. The van der Waals surface area contributed by atoms with Crippen LogP contribution in [0.4, 0.5) is 4.79 Å². The topological polar surface area (TPSA) is 134 Å². The van der Waals surface area contributed by atoms with Crippen LogP contribution in [0, 0.1) is 23.2 Å². The Morgan fingerprint density at radius 2 is 1.66 bits per heavy atom. The predicted octanol–water partition coefficient (Wildman–Crippen LogP) is 3.24. The molecule has 3 saturated carbocycles. The monoisotopic (exact) mass is 572 g/mol. The molecule has 4 aliphatic rings. The Labute approximate surface area is 243 Å². The number of nitrogens with one attached hydrogen (secondary N) is 3. The highest BCUT2D eigenvalue weighted by Crippen LogP contribution is 2.65. The fourth-order valence-electron chi connectivity index (χ4n) is 7.38. The lowest BCUT2D eigenvalue weighted by molar-refractivity contribution is -0.145. The van der Waals surface area contributed by atoms with Crippen molar-refractivity contribution in [3.63, 3.8) is 0 Å². The van der Waals surface area contributed by atoms with E-state index >= 15 is 0 Å². The van der Waals surface area contributed by atoms with E-state index in [0.29, 0.717) is 19.4 Å². The van der Waals surface area contributed by atoms with Crippen molar-refractivity contribution >= 4 is 29.6 Å². The Hall–Kier alpha value is -2.91. The number of Topliss-reactive ketones (excluding diaryl/α,β-unsaturated/α-hetero) is 1. The second kappa shape index (κ2) is 13.4. The molecule has 10 heteroatoms. The maximum Gasteiger partial charge on any atom is 0.408 e. The van der Waals surface area contributed by atoms with Crippen LogP contribution in [0.2, 0.25) is 0 Å². The number of ether oxygens (including phenoxy) is 1. The van der Waals surface area contributed by atoms with Crippen LogP contribution < -0.4 is 16.0 Å². The number of piperidine rings is 1. The molecule has 0 radical (unpaired) electrons. The summed E-state index contributed by atoms with van der Waals surface area (Å²) in [6.45, 7) is 10.2. The summed E-state index contributed by atoms with van der Waals surface area (Å²) in [4.78, 5) is 67.9. The highest BCUT2D eigenvalue weighted by Gasteiger charge is 2.69. The smallest absolute Gasteiger partial charge is 0.408 e. The molecule has 0 spiro atoms. The third-order valence-corrected chi connectivity index (χ3v) is 9.84. The summed E-state index contributed by atoms with van der Waals surface area (Å²) >= 11 is 0. The van der Waals surface area contributed by atoms with Gasteiger partial charge in [0.2, 0.25) is 17.6 Å². The maximum atomic E-state index is 14.2. The number of amides is 4. The molecule has 3 aliphatic carbocycles. The average Bonchev–Trinajstić information content (AvgIpc) is 3.38. The summed E-state index contributed by atoms with van der Waals surface area (Å²) < 4.78 is 5.66. The first-order valence-corrected chi connectivity index (χ1v) is 15.6. The highest BCUT2D eigenvalue weighted by molar-refractivity contribution is 6.38. The summed E-state index contributed by atoms with van der Waals surface area (Å²) in [7, 11) is 0. The van der Waals surface area contributed by atoms with Crippen molar-refractivity contribution in [3.8, 4) is 0 Å². The van der Waals surface area contributed by atoms with E-state index in [4.69, 9.17) is 4.74 Å². The van der Waals surface area contributed by atoms with E-state index in [1.165, 1.54) is 6.08 Å². The lowest BCUT2D eigenvalue weighted by Gasteiger charge is -2.37. The molecule has 5 atom stereocenters. The van der Waals surface area contributed by atoms with E-state index in [2.05, 4.69) is 36.4 Å². The van der Waals surface area contributed by atoms with Crippen LogP contribution in [0.3, 0.4) is 0 Å². The van der Waals surface area contributed by atoms with Gasteiger partial charge in [0.15, 0.2) is 0 Å². The number of hydrogen-bond acceptors (Lipinski definition) is 6. The van der Waals surface area contributed by atoms with Crippen LogP contribution in [0.5, 0.6) is 0 Å². The van der Waals surface area contributed by atoms with Gasteiger partial charge in [0, 0.05) is 13.1 Å². The molecular formula is C31H48N4O6. The van der Waals surface area contributed by atoms with Gasteiger partial charge in [-0.3, -0.25) is 19.2 Å².